The SMILES string of the molecule is CCCC[C@H](c1cc(Br)cc(Br)c1)N1CCNCC1.Cl.Cl. The van der Waals surface area contributed by atoms with Crippen molar-refractivity contribution < 1.29 is 0 Å². The molecule has 0 unspecified atom stereocenters. The lowest BCUT2D eigenvalue weighted by Gasteiger charge is -2.35. The highest BCUT2D eigenvalue weighted by Crippen LogP contribution is 2.31. The molecule has 0 saturated carbocycles. The molecule has 0 amide bonds. The van der Waals surface area contributed by atoms with Crippen LogP contribution in [0.2, 0.25) is 0 Å². The van der Waals surface area contributed by atoms with Gasteiger partial charge in [0.25, 0.3) is 0 Å². The normalized spacial score (nSPS) is 16.7. The molecule has 1 fully saturated rings. The van der Waals surface area contributed by atoms with Crippen molar-refractivity contribution in [1.29, 1.82) is 0 Å². The number of hydrogen-bond acceptors (Lipinski definition) is 2. The minimum absolute atomic E-state index is 0. The van der Waals surface area contributed by atoms with Gasteiger partial charge in [0.05, 0.1) is 0 Å². The minimum Gasteiger partial charge on any atom is -0.314 e. The summed E-state index contributed by atoms with van der Waals surface area (Å²) in [5.74, 6) is 0. The van der Waals surface area contributed by atoms with E-state index in [-0.39, 0.29) is 24.8 Å². The summed E-state index contributed by atoms with van der Waals surface area (Å²) in [5, 5.41) is 3.44. The molecule has 122 valence electrons. The third-order valence-corrected chi connectivity index (χ3v) is 4.61. The molecule has 0 bridgehead atoms. The topological polar surface area (TPSA) is 15.3 Å². The number of benzene rings is 1. The third-order valence-electron chi connectivity index (χ3n) is 3.69. The molecule has 2 nitrogen and oxygen atoms in total. The van der Waals surface area contributed by atoms with Gasteiger partial charge < -0.3 is 5.32 Å². The van der Waals surface area contributed by atoms with E-state index >= 15 is 0 Å². The van der Waals surface area contributed by atoms with Crippen molar-refractivity contribution in [2.45, 2.75) is 32.2 Å². The molecular formula is C15H24Br2Cl2N2. The smallest absolute Gasteiger partial charge is 0.0350 e. The van der Waals surface area contributed by atoms with Crippen molar-refractivity contribution in [3.63, 3.8) is 0 Å². The molecule has 1 aromatic rings. The molecule has 0 radical (unpaired) electrons. The van der Waals surface area contributed by atoms with Crippen LogP contribution in [0.15, 0.2) is 27.1 Å². The highest BCUT2D eigenvalue weighted by Gasteiger charge is 2.22. The number of nitrogens with one attached hydrogen (secondary N) is 1. The van der Waals surface area contributed by atoms with E-state index in [1.54, 1.807) is 0 Å². The number of nitrogens with zero attached hydrogens (tertiary/aromatic N) is 1. The van der Waals surface area contributed by atoms with Crippen LogP contribution in [0.5, 0.6) is 0 Å². The van der Waals surface area contributed by atoms with Crippen LogP contribution in [-0.2, 0) is 0 Å². The summed E-state index contributed by atoms with van der Waals surface area (Å²) >= 11 is 7.23. The summed E-state index contributed by atoms with van der Waals surface area (Å²) < 4.78 is 2.32. The predicted octanol–water partition coefficient (Wildman–Crippen LogP) is 5.19. The lowest BCUT2D eigenvalue weighted by molar-refractivity contribution is 0.163. The van der Waals surface area contributed by atoms with Gasteiger partial charge in [-0.25, -0.2) is 0 Å². The van der Waals surface area contributed by atoms with Crippen LogP contribution in [0, 0.1) is 0 Å². The van der Waals surface area contributed by atoms with E-state index in [4.69, 9.17) is 0 Å². The molecule has 0 aliphatic carbocycles. The molecular weight excluding hydrogens is 439 g/mol. The molecule has 1 aliphatic heterocycles. The van der Waals surface area contributed by atoms with Crippen LogP contribution in [0.4, 0.5) is 0 Å². The van der Waals surface area contributed by atoms with Gasteiger partial charge in [-0.15, -0.1) is 24.8 Å². The van der Waals surface area contributed by atoms with E-state index < -0.39 is 0 Å². The Labute approximate surface area is 157 Å². The van der Waals surface area contributed by atoms with Crippen LogP contribution >= 0.6 is 56.7 Å². The molecule has 1 saturated heterocycles. The Morgan fingerprint density at radius 2 is 1.67 bits per heavy atom. The summed E-state index contributed by atoms with van der Waals surface area (Å²) in [6, 6.07) is 7.20. The van der Waals surface area contributed by atoms with E-state index in [0.717, 1.165) is 35.1 Å². The Bertz CT molecular complexity index is 392. The van der Waals surface area contributed by atoms with Crippen molar-refractivity contribution >= 4 is 56.7 Å². The third kappa shape index (κ3) is 6.76. The average molecular weight is 463 g/mol. The predicted molar refractivity (Wildman–Crippen MR) is 103 cm³/mol. The Hall–Kier alpha value is 0.680. The summed E-state index contributed by atoms with van der Waals surface area (Å²) in [7, 11) is 0. The van der Waals surface area contributed by atoms with Crippen LogP contribution in [0.1, 0.15) is 37.8 Å². The molecule has 0 spiro atoms. The first-order chi connectivity index (χ1) is 9.20. The van der Waals surface area contributed by atoms with Crippen molar-refractivity contribution in [2.24, 2.45) is 0 Å². The van der Waals surface area contributed by atoms with E-state index in [0.29, 0.717) is 6.04 Å². The summed E-state index contributed by atoms with van der Waals surface area (Å²) in [6.45, 7) is 6.79. The number of halogens is 4. The molecule has 6 heteroatoms. The second-order valence-electron chi connectivity index (χ2n) is 5.15. The second-order valence-corrected chi connectivity index (χ2v) is 6.98. The van der Waals surface area contributed by atoms with Crippen molar-refractivity contribution in [2.75, 3.05) is 26.2 Å². The summed E-state index contributed by atoms with van der Waals surface area (Å²) in [5.41, 5.74) is 1.43. The Balaban J connectivity index is 0.00000200. The first-order valence-corrected chi connectivity index (χ1v) is 8.70. The molecule has 1 atom stereocenters. The Morgan fingerprint density at radius 3 is 2.19 bits per heavy atom. The molecule has 1 N–H and O–H groups in total. The standard InChI is InChI=1S/C15H22Br2N2.2ClH/c1-2-3-4-15(19-7-5-18-6-8-19)12-9-13(16)11-14(17)10-12;;/h9-11,15,18H,2-8H2,1H3;2*1H/t15-;;/m1../s1. The molecule has 2 rings (SSSR count). The fourth-order valence-electron chi connectivity index (χ4n) is 2.72. The lowest BCUT2D eigenvalue weighted by Crippen LogP contribution is -2.45. The monoisotopic (exact) mass is 460 g/mol. The maximum Gasteiger partial charge on any atom is 0.0350 e. The van der Waals surface area contributed by atoms with Crippen LogP contribution in [0.25, 0.3) is 0 Å². The molecule has 21 heavy (non-hydrogen) atoms. The van der Waals surface area contributed by atoms with Crippen molar-refractivity contribution in [3.05, 3.63) is 32.7 Å². The van der Waals surface area contributed by atoms with E-state index in [1.807, 2.05) is 0 Å². The van der Waals surface area contributed by atoms with Gasteiger partial charge in [-0.05, 0) is 30.2 Å². The molecule has 1 aliphatic rings. The zero-order valence-corrected chi connectivity index (χ0v) is 17.1. The number of hydrogen-bond donors (Lipinski definition) is 1. The fourth-order valence-corrected chi connectivity index (χ4v) is 4.05. The molecule has 0 aromatic heterocycles. The van der Waals surface area contributed by atoms with Gasteiger partial charge in [0, 0.05) is 41.2 Å². The van der Waals surface area contributed by atoms with E-state index in [9.17, 15) is 0 Å². The quantitative estimate of drug-likeness (QED) is 0.647. The maximum absolute atomic E-state index is 3.61. The average Bonchev–Trinajstić information content (AvgIpc) is 2.39. The van der Waals surface area contributed by atoms with Gasteiger partial charge >= 0.3 is 0 Å². The van der Waals surface area contributed by atoms with Gasteiger partial charge in [-0.2, -0.15) is 0 Å². The first kappa shape index (κ1) is 21.7. The van der Waals surface area contributed by atoms with Gasteiger partial charge in [0.1, 0.15) is 0 Å². The molecule has 1 aromatic carbocycles. The van der Waals surface area contributed by atoms with Crippen LogP contribution < -0.4 is 5.32 Å². The zero-order valence-electron chi connectivity index (χ0n) is 12.3. The summed E-state index contributed by atoms with van der Waals surface area (Å²) in [6.07, 6.45) is 3.80. The number of piperazine rings is 1. The van der Waals surface area contributed by atoms with Gasteiger partial charge in [0.15, 0.2) is 0 Å². The number of rotatable bonds is 5. The van der Waals surface area contributed by atoms with Gasteiger partial charge in [-0.1, -0.05) is 51.6 Å². The largest absolute Gasteiger partial charge is 0.314 e. The van der Waals surface area contributed by atoms with Crippen molar-refractivity contribution in [3.8, 4) is 0 Å². The fraction of sp³-hybridized carbons (Fsp3) is 0.600. The highest BCUT2D eigenvalue weighted by atomic mass is 79.9. The zero-order chi connectivity index (χ0) is 13.7. The Kier molecular flexibility index (Phi) is 11.6. The first-order valence-electron chi connectivity index (χ1n) is 7.11. The second kappa shape index (κ2) is 11.3. The number of unbranched alkanes of at least 4 members (excludes halogenated alkanes) is 1. The van der Waals surface area contributed by atoms with Crippen molar-refractivity contribution in [1.82, 2.24) is 10.2 Å². The van der Waals surface area contributed by atoms with Crippen LogP contribution in [0.3, 0.4) is 0 Å². The summed E-state index contributed by atoms with van der Waals surface area (Å²) in [4.78, 5) is 2.63. The van der Waals surface area contributed by atoms with Crippen LogP contribution in [-0.4, -0.2) is 31.1 Å². The Morgan fingerprint density at radius 1 is 1.10 bits per heavy atom. The lowest BCUT2D eigenvalue weighted by atomic mass is 9.99. The maximum atomic E-state index is 3.61. The van der Waals surface area contributed by atoms with E-state index in [2.05, 4.69) is 67.2 Å². The van der Waals surface area contributed by atoms with E-state index in [1.165, 1.54) is 24.8 Å². The van der Waals surface area contributed by atoms with Gasteiger partial charge in [0.2, 0.25) is 0 Å². The minimum atomic E-state index is 0. The van der Waals surface area contributed by atoms with Gasteiger partial charge in [-0.3, -0.25) is 4.90 Å². The molecule has 1 heterocycles. The highest BCUT2D eigenvalue weighted by molar-refractivity contribution is 9.11.